The molecular weight excluding hydrogens is 221 g/mol. The van der Waals surface area contributed by atoms with E-state index in [0.717, 1.165) is 19.3 Å². The van der Waals surface area contributed by atoms with Crippen molar-refractivity contribution in [1.29, 1.82) is 0 Å². The van der Waals surface area contributed by atoms with Crippen LogP contribution in [0.3, 0.4) is 0 Å². The first-order valence-corrected chi connectivity index (χ1v) is 4.22. The third-order valence-corrected chi connectivity index (χ3v) is 1.51. The summed E-state index contributed by atoms with van der Waals surface area (Å²) in [5, 5.41) is 0. The van der Waals surface area contributed by atoms with Crippen molar-refractivity contribution < 1.29 is 33.8 Å². The number of unbranched alkanes of at least 4 members (excludes halogenated alkanes) is 4. The average Bonchev–Trinajstić information content (AvgIpc) is 2.05. The molecule has 0 aliphatic heterocycles. The molecule has 0 aliphatic carbocycles. The fourth-order valence-corrected chi connectivity index (χ4v) is 0.874. The third kappa shape index (κ3) is 11.6. The number of esters is 1. The minimum atomic E-state index is -0.596. The van der Waals surface area contributed by atoms with E-state index in [4.69, 9.17) is 0 Å². The molecule has 0 amide bonds. The van der Waals surface area contributed by atoms with Crippen molar-refractivity contribution in [3.05, 3.63) is 6.42 Å². The summed E-state index contributed by atoms with van der Waals surface area (Å²) in [5.41, 5.74) is 0. The number of carbonyl (C=O) groups excluding carboxylic acids is 2. The van der Waals surface area contributed by atoms with Gasteiger partial charge in [0.05, 0.1) is 0 Å². The zero-order chi connectivity index (χ0) is 9.23. The van der Waals surface area contributed by atoms with Crippen LogP contribution in [0, 0.1) is 6.42 Å². The first kappa shape index (κ1) is 15.1. The number of hydrogen-bond donors (Lipinski definition) is 0. The summed E-state index contributed by atoms with van der Waals surface area (Å²) in [6.07, 6.45) is 6.50. The van der Waals surface area contributed by atoms with Crippen molar-refractivity contribution in [2.24, 2.45) is 0 Å². The first-order chi connectivity index (χ1) is 5.81. The van der Waals surface area contributed by atoms with Crippen LogP contribution >= 0.6 is 0 Å². The SMILES string of the molecule is CCCCCC[CH-]C(=O)O[C-]=O.[Zn+2]. The molecule has 0 aromatic rings. The number of ether oxygens (including phenoxy) is 1. The van der Waals surface area contributed by atoms with Gasteiger partial charge in [-0.05, 0) is 0 Å². The Bertz CT molecular complexity index is 137. The second-order valence-corrected chi connectivity index (χ2v) is 2.56. The van der Waals surface area contributed by atoms with Gasteiger partial charge in [0, 0.05) is 5.97 Å². The van der Waals surface area contributed by atoms with E-state index in [-0.39, 0.29) is 19.5 Å². The Kier molecular flexibility index (Phi) is 13.5. The molecule has 0 atom stereocenters. The van der Waals surface area contributed by atoms with E-state index in [1.807, 2.05) is 0 Å². The number of hydrogen-bond acceptors (Lipinski definition) is 3. The molecule has 0 radical (unpaired) electrons. The summed E-state index contributed by atoms with van der Waals surface area (Å²) in [5.74, 6) is -0.596. The minimum absolute atomic E-state index is 0. The van der Waals surface area contributed by atoms with E-state index in [0.29, 0.717) is 6.42 Å². The molecule has 70 valence electrons. The van der Waals surface area contributed by atoms with Crippen LogP contribution in [-0.2, 0) is 33.8 Å². The second-order valence-electron chi connectivity index (χ2n) is 2.56. The molecule has 0 aromatic carbocycles. The largest absolute Gasteiger partial charge is 2.00 e. The van der Waals surface area contributed by atoms with Crippen molar-refractivity contribution >= 4 is 12.4 Å². The summed E-state index contributed by atoms with van der Waals surface area (Å²) in [4.78, 5) is 20.1. The summed E-state index contributed by atoms with van der Waals surface area (Å²) in [6, 6.07) is 0. The van der Waals surface area contributed by atoms with Crippen LogP contribution in [0.4, 0.5) is 0 Å². The molecule has 0 aliphatic rings. The molecule has 0 heterocycles. The van der Waals surface area contributed by atoms with Crippen LogP contribution in [0.5, 0.6) is 0 Å². The van der Waals surface area contributed by atoms with Gasteiger partial charge in [-0.1, -0.05) is 32.6 Å². The minimum Gasteiger partial charge on any atom is -0.606 e. The Morgan fingerprint density at radius 1 is 1.38 bits per heavy atom. The Hall–Kier alpha value is -0.367. The van der Waals surface area contributed by atoms with Crippen molar-refractivity contribution in [1.82, 2.24) is 0 Å². The molecule has 3 nitrogen and oxygen atoms in total. The maximum Gasteiger partial charge on any atom is 2.00 e. The monoisotopic (exact) mass is 234 g/mol. The van der Waals surface area contributed by atoms with Crippen molar-refractivity contribution in [3.8, 4) is 0 Å². The Morgan fingerprint density at radius 2 is 2.08 bits per heavy atom. The van der Waals surface area contributed by atoms with Gasteiger partial charge in [-0.15, -0.1) is 0 Å². The van der Waals surface area contributed by atoms with Gasteiger partial charge in [0.15, 0.2) is 6.47 Å². The van der Waals surface area contributed by atoms with E-state index >= 15 is 0 Å². The van der Waals surface area contributed by atoms with Crippen LogP contribution in [0.1, 0.15) is 39.0 Å². The Balaban J connectivity index is 0. The fourth-order valence-electron chi connectivity index (χ4n) is 0.874. The third-order valence-electron chi connectivity index (χ3n) is 1.51. The predicted octanol–water partition coefficient (Wildman–Crippen LogP) is 1.77. The van der Waals surface area contributed by atoms with E-state index in [1.165, 1.54) is 19.3 Å². The molecule has 13 heavy (non-hydrogen) atoms. The van der Waals surface area contributed by atoms with E-state index in [1.54, 1.807) is 0 Å². The molecular formula is C9H14O3Zn. The van der Waals surface area contributed by atoms with Crippen LogP contribution in [0.2, 0.25) is 0 Å². The van der Waals surface area contributed by atoms with Crippen LogP contribution in [0.15, 0.2) is 0 Å². The predicted molar refractivity (Wildman–Crippen MR) is 44.8 cm³/mol. The van der Waals surface area contributed by atoms with Gasteiger partial charge in [-0.2, -0.15) is 6.42 Å². The average molecular weight is 236 g/mol. The van der Waals surface area contributed by atoms with Crippen LogP contribution in [0.25, 0.3) is 0 Å². The molecule has 0 fully saturated rings. The topological polar surface area (TPSA) is 43.4 Å². The molecule has 0 aromatic heterocycles. The zero-order valence-corrected chi connectivity index (χ0v) is 11.0. The molecule has 0 saturated carbocycles. The summed E-state index contributed by atoms with van der Waals surface area (Å²) in [6.45, 7) is 3.21. The van der Waals surface area contributed by atoms with Gasteiger partial charge in [-0.25, -0.2) is 0 Å². The van der Waals surface area contributed by atoms with E-state index in [9.17, 15) is 9.59 Å². The molecule has 0 N–H and O–H groups in total. The van der Waals surface area contributed by atoms with Crippen molar-refractivity contribution in [2.45, 2.75) is 39.0 Å². The van der Waals surface area contributed by atoms with Gasteiger partial charge in [-0.3, -0.25) is 0 Å². The number of carbonyl (C=O) groups is 1. The van der Waals surface area contributed by atoms with Gasteiger partial charge in [0.1, 0.15) is 0 Å². The molecule has 4 heteroatoms. The Labute approximate surface area is 92.0 Å². The molecule has 0 unspecified atom stereocenters. The van der Waals surface area contributed by atoms with Gasteiger partial charge in [0.2, 0.25) is 0 Å². The normalized spacial score (nSPS) is 8.38. The smallest absolute Gasteiger partial charge is 0.606 e. The quantitative estimate of drug-likeness (QED) is 0.222. The summed E-state index contributed by atoms with van der Waals surface area (Å²) in [7, 11) is 0. The molecule has 0 saturated heterocycles. The van der Waals surface area contributed by atoms with Crippen molar-refractivity contribution in [2.75, 3.05) is 0 Å². The van der Waals surface area contributed by atoms with E-state index < -0.39 is 5.97 Å². The van der Waals surface area contributed by atoms with Crippen LogP contribution in [-0.4, -0.2) is 12.4 Å². The van der Waals surface area contributed by atoms with E-state index in [2.05, 4.69) is 11.7 Å². The van der Waals surface area contributed by atoms with Gasteiger partial charge >= 0.3 is 19.5 Å². The number of rotatable bonds is 7. The molecule has 0 rings (SSSR count). The summed E-state index contributed by atoms with van der Waals surface area (Å²) >= 11 is 0. The standard InChI is InChI=1S/C9H14O3.Zn/c1-2-3-4-5-6-7-9(11)12-8-10;/h7H,2-6H2,1H3;/q-2;+2. The Morgan fingerprint density at radius 3 is 2.62 bits per heavy atom. The first-order valence-electron chi connectivity index (χ1n) is 4.22. The maximum absolute atomic E-state index is 10.5. The molecule has 0 bridgehead atoms. The fraction of sp³-hybridized carbons (Fsp3) is 0.667. The molecule has 0 spiro atoms. The van der Waals surface area contributed by atoms with Crippen molar-refractivity contribution in [3.63, 3.8) is 0 Å². The summed E-state index contributed by atoms with van der Waals surface area (Å²) < 4.78 is 3.95. The van der Waals surface area contributed by atoms with Gasteiger partial charge in [0.25, 0.3) is 0 Å². The zero-order valence-electron chi connectivity index (χ0n) is 8.04. The van der Waals surface area contributed by atoms with Crippen LogP contribution < -0.4 is 0 Å². The maximum atomic E-state index is 10.5. The van der Waals surface area contributed by atoms with Gasteiger partial charge < -0.3 is 20.7 Å². The second kappa shape index (κ2) is 11.6.